The molecule has 0 atom stereocenters. The number of hydrogen-bond donors (Lipinski definition) is 1. The Balaban J connectivity index is 2.03. The van der Waals surface area contributed by atoms with Crippen LogP contribution in [-0.4, -0.2) is 20.7 Å². The van der Waals surface area contributed by atoms with Crippen molar-refractivity contribution in [1.82, 2.24) is 19.4 Å². The van der Waals surface area contributed by atoms with Crippen LogP contribution in [0.15, 0.2) is 30.7 Å². The molecule has 0 saturated heterocycles. The fourth-order valence-electron chi connectivity index (χ4n) is 2.05. The molecule has 4 nitrogen and oxygen atoms in total. The number of alkyl halides is 2. The molecule has 2 aromatic rings. The third-order valence-electron chi connectivity index (χ3n) is 3.05. The lowest BCUT2D eigenvalue weighted by atomic mass is 10.2. The summed E-state index contributed by atoms with van der Waals surface area (Å²) >= 11 is 0. The van der Waals surface area contributed by atoms with Gasteiger partial charge < -0.3 is 9.88 Å². The van der Waals surface area contributed by atoms with E-state index in [1.165, 1.54) is 12.4 Å². The van der Waals surface area contributed by atoms with Crippen LogP contribution in [-0.2, 0) is 13.1 Å². The Bertz CT molecular complexity index is 531. The van der Waals surface area contributed by atoms with Crippen LogP contribution in [0.3, 0.4) is 0 Å². The van der Waals surface area contributed by atoms with Gasteiger partial charge in [-0.15, -0.1) is 0 Å². The Kier molecular flexibility index (Phi) is 4.89. The minimum absolute atomic E-state index is 0.350. The molecule has 0 aliphatic carbocycles. The van der Waals surface area contributed by atoms with E-state index in [2.05, 4.69) is 24.1 Å². The predicted molar refractivity (Wildman–Crippen MR) is 73.6 cm³/mol. The summed E-state index contributed by atoms with van der Waals surface area (Å²) in [6, 6.07) is 3.91. The summed E-state index contributed by atoms with van der Waals surface area (Å²) in [7, 11) is 0. The molecule has 2 aromatic heterocycles. The molecule has 110 valence electrons. The smallest absolute Gasteiger partial charge is 0.319 e. The number of rotatable bonds is 7. The van der Waals surface area contributed by atoms with Gasteiger partial charge in [0.2, 0.25) is 0 Å². The second-order valence-electron chi connectivity index (χ2n) is 5.18. The van der Waals surface area contributed by atoms with Crippen LogP contribution in [0.1, 0.15) is 31.9 Å². The van der Waals surface area contributed by atoms with Crippen molar-refractivity contribution in [3.8, 4) is 0 Å². The van der Waals surface area contributed by atoms with E-state index in [1.54, 1.807) is 0 Å². The van der Waals surface area contributed by atoms with Crippen LogP contribution in [0.2, 0.25) is 0 Å². The molecule has 0 saturated carbocycles. The van der Waals surface area contributed by atoms with Crippen molar-refractivity contribution < 1.29 is 8.78 Å². The number of nitrogens with zero attached hydrogens (tertiary/aromatic N) is 3. The first kappa shape index (κ1) is 14.7. The number of halogens is 2. The van der Waals surface area contributed by atoms with Gasteiger partial charge in [0.1, 0.15) is 5.82 Å². The third-order valence-corrected chi connectivity index (χ3v) is 3.05. The van der Waals surface area contributed by atoms with Gasteiger partial charge in [-0.25, -0.2) is 4.98 Å². The predicted octanol–water partition coefficient (Wildman–Crippen LogP) is 2.87. The molecule has 20 heavy (non-hydrogen) atoms. The lowest BCUT2D eigenvalue weighted by molar-refractivity contribution is 0.0667. The molecule has 0 unspecified atom stereocenters. The van der Waals surface area contributed by atoms with Crippen molar-refractivity contribution in [2.75, 3.05) is 6.54 Å². The average molecular weight is 282 g/mol. The minimum Gasteiger partial charge on any atom is -0.343 e. The van der Waals surface area contributed by atoms with Gasteiger partial charge in [0.05, 0.1) is 6.54 Å². The lowest BCUT2D eigenvalue weighted by Gasteiger charge is -2.12. The summed E-state index contributed by atoms with van der Waals surface area (Å²) < 4.78 is 28.4. The van der Waals surface area contributed by atoms with Crippen LogP contribution < -0.4 is 5.32 Å². The molecule has 0 aliphatic rings. The van der Waals surface area contributed by atoms with Crippen LogP contribution in [0.4, 0.5) is 8.78 Å². The monoisotopic (exact) mass is 282 g/mol. The first-order valence-corrected chi connectivity index (χ1v) is 6.72. The zero-order valence-electron chi connectivity index (χ0n) is 11.8. The summed E-state index contributed by atoms with van der Waals surface area (Å²) in [6.45, 7) is 3.74. The summed E-state index contributed by atoms with van der Waals surface area (Å²) in [4.78, 5) is 4.00. The lowest BCUT2D eigenvalue weighted by Crippen LogP contribution is -2.21. The van der Waals surface area contributed by atoms with E-state index < -0.39 is 6.55 Å². The Labute approximate surface area is 117 Å². The Hall–Kier alpha value is -1.69. The van der Waals surface area contributed by atoms with E-state index >= 15 is 0 Å². The highest BCUT2D eigenvalue weighted by atomic mass is 19.3. The van der Waals surface area contributed by atoms with Gasteiger partial charge in [0.15, 0.2) is 0 Å². The van der Waals surface area contributed by atoms with Gasteiger partial charge in [-0.1, -0.05) is 13.8 Å². The first-order chi connectivity index (χ1) is 9.58. The van der Waals surface area contributed by atoms with Crippen molar-refractivity contribution in [1.29, 1.82) is 0 Å². The summed E-state index contributed by atoms with van der Waals surface area (Å²) in [6.07, 6.45) is 4.60. The largest absolute Gasteiger partial charge is 0.343 e. The molecule has 1 N–H and O–H groups in total. The summed E-state index contributed by atoms with van der Waals surface area (Å²) in [5.41, 5.74) is 1.06. The Morgan fingerprint density at radius 2 is 2.10 bits per heavy atom. The van der Waals surface area contributed by atoms with Crippen LogP contribution in [0, 0.1) is 5.92 Å². The number of imidazole rings is 1. The first-order valence-electron chi connectivity index (χ1n) is 6.72. The zero-order valence-corrected chi connectivity index (χ0v) is 11.8. The Morgan fingerprint density at radius 1 is 1.30 bits per heavy atom. The fourth-order valence-corrected chi connectivity index (χ4v) is 2.05. The third kappa shape index (κ3) is 3.66. The van der Waals surface area contributed by atoms with Gasteiger partial charge >= 0.3 is 6.55 Å². The maximum Gasteiger partial charge on any atom is 0.319 e. The van der Waals surface area contributed by atoms with Gasteiger partial charge in [-0.3, -0.25) is 4.57 Å². The highest BCUT2D eigenvalue weighted by molar-refractivity contribution is 5.09. The number of hydrogen-bond acceptors (Lipinski definition) is 2. The van der Waals surface area contributed by atoms with Crippen molar-refractivity contribution in [2.45, 2.75) is 33.5 Å². The quantitative estimate of drug-likeness (QED) is 0.847. The van der Waals surface area contributed by atoms with Crippen molar-refractivity contribution >= 4 is 0 Å². The second kappa shape index (κ2) is 6.65. The molecular weight excluding hydrogens is 262 g/mol. The highest BCUT2D eigenvalue weighted by Gasteiger charge is 2.12. The van der Waals surface area contributed by atoms with Crippen molar-refractivity contribution in [3.63, 3.8) is 0 Å². The molecular formula is C14H20F2N4. The molecule has 2 rings (SSSR count). The molecule has 2 heterocycles. The van der Waals surface area contributed by atoms with E-state index in [1.807, 2.05) is 22.9 Å². The molecule has 0 fully saturated rings. The maximum atomic E-state index is 12.8. The van der Waals surface area contributed by atoms with Crippen LogP contribution >= 0.6 is 0 Å². The summed E-state index contributed by atoms with van der Waals surface area (Å²) in [5.74, 6) is 0.942. The minimum atomic E-state index is -2.55. The second-order valence-corrected chi connectivity index (χ2v) is 5.18. The van der Waals surface area contributed by atoms with Gasteiger partial charge in [-0.2, -0.15) is 8.78 Å². The van der Waals surface area contributed by atoms with E-state index in [9.17, 15) is 8.78 Å². The molecule has 0 radical (unpaired) electrons. The van der Waals surface area contributed by atoms with Crippen molar-refractivity contribution in [2.24, 2.45) is 5.92 Å². The standard InChI is InChI=1S/C14H20F2N4/c1-11(2)8-17-9-12-4-3-6-19(12)10-13-18-5-7-20(13)14(15)16/h3-7,11,14,17H,8-10H2,1-2H3. The normalized spacial score (nSPS) is 11.7. The highest BCUT2D eigenvalue weighted by Crippen LogP contribution is 2.14. The zero-order chi connectivity index (χ0) is 14.5. The maximum absolute atomic E-state index is 12.8. The molecule has 0 aliphatic heterocycles. The molecule has 0 amide bonds. The average Bonchev–Trinajstić information content (AvgIpc) is 2.99. The van der Waals surface area contributed by atoms with Gasteiger partial charge in [0.25, 0.3) is 0 Å². The van der Waals surface area contributed by atoms with Crippen LogP contribution in [0.25, 0.3) is 0 Å². The molecule has 0 bridgehead atoms. The fraction of sp³-hybridized carbons (Fsp3) is 0.500. The van der Waals surface area contributed by atoms with E-state index in [4.69, 9.17) is 0 Å². The Morgan fingerprint density at radius 3 is 2.80 bits per heavy atom. The topological polar surface area (TPSA) is 34.8 Å². The molecule has 6 heteroatoms. The van der Waals surface area contributed by atoms with E-state index in [0.717, 1.165) is 23.4 Å². The summed E-state index contributed by atoms with van der Waals surface area (Å²) in [5, 5.41) is 3.35. The van der Waals surface area contributed by atoms with Gasteiger partial charge in [0, 0.05) is 30.8 Å². The SMILES string of the molecule is CC(C)CNCc1cccn1Cc1nccn1C(F)F. The van der Waals surface area contributed by atoms with E-state index in [0.29, 0.717) is 18.3 Å². The number of aromatic nitrogens is 3. The van der Waals surface area contributed by atoms with Gasteiger partial charge in [-0.05, 0) is 24.6 Å². The molecule has 0 aromatic carbocycles. The molecule has 0 spiro atoms. The van der Waals surface area contributed by atoms with Crippen molar-refractivity contribution in [3.05, 3.63) is 42.2 Å². The number of nitrogens with one attached hydrogen (secondary N) is 1. The van der Waals surface area contributed by atoms with Crippen LogP contribution in [0.5, 0.6) is 0 Å². The van der Waals surface area contributed by atoms with E-state index in [-0.39, 0.29) is 0 Å².